The van der Waals surface area contributed by atoms with Crippen molar-refractivity contribution < 1.29 is 18.4 Å². The van der Waals surface area contributed by atoms with Crippen LogP contribution in [-0.2, 0) is 0 Å². The maximum Gasteiger partial charge on any atom is 0.291 e. The number of nitrogens with zero attached hydrogens (tertiary/aromatic N) is 2. The van der Waals surface area contributed by atoms with Crippen molar-refractivity contribution in [2.75, 3.05) is 36.4 Å². The minimum Gasteiger partial charge on any atom is -0.451 e. The molecule has 1 aliphatic heterocycles. The quantitative estimate of drug-likeness (QED) is 0.246. The van der Waals surface area contributed by atoms with Gasteiger partial charge in [-0.25, -0.2) is 0 Å². The van der Waals surface area contributed by atoms with Gasteiger partial charge in [-0.3, -0.25) is 9.59 Å². The van der Waals surface area contributed by atoms with Gasteiger partial charge >= 0.3 is 0 Å². The Morgan fingerprint density at radius 1 is 0.769 bits per heavy atom. The van der Waals surface area contributed by atoms with E-state index in [2.05, 4.69) is 10.2 Å². The fraction of sp³-hybridized carbons (Fsp3) is 0.133. The highest BCUT2D eigenvalue weighted by Crippen LogP contribution is 2.32. The summed E-state index contributed by atoms with van der Waals surface area (Å²) in [7, 11) is 0. The van der Waals surface area contributed by atoms with Crippen LogP contribution < -0.4 is 10.2 Å². The molecule has 3 aromatic carbocycles. The van der Waals surface area contributed by atoms with Crippen molar-refractivity contribution in [1.29, 1.82) is 0 Å². The molecule has 7 nitrogen and oxygen atoms in total. The highest BCUT2D eigenvalue weighted by molar-refractivity contribution is 6.35. The second-order valence-electron chi connectivity index (χ2n) is 9.22. The Balaban J connectivity index is 1.05. The Hall–Kier alpha value is -4.20. The van der Waals surface area contributed by atoms with E-state index in [1.165, 1.54) is 0 Å². The van der Waals surface area contributed by atoms with Crippen molar-refractivity contribution in [3.63, 3.8) is 0 Å². The first-order chi connectivity index (χ1) is 18.9. The summed E-state index contributed by atoms with van der Waals surface area (Å²) in [5.41, 5.74) is 2.98. The smallest absolute Gasteiger partial charge is 0.291 e. The molecule has 0 atom stereocenters. The third-order valence-electron chi connectivity index (χ3n) is 6.72. The fourth-order valence-corrected chi connectivity index (χ4v) is 5.03. The predicted molar refractivity (Wildman–Crippen MR) is 153 cm³/mol. The summed E-state index contributed by atoms with van der Waals surface area (Å²) >= 11 is 12.3. The Labute approximate surface area is 234 Å². The molecule has 1 aliphatic rings. The highest BCUT2D eigenvalue weighted by atomic mass is 35.5. The van der Waals surface area contributed by atoms with Crippen LogP contribution in [0.5, 0.6) is 0 Å². The number of fused-ring (bicyclic) bond motifs is 1. The molecule has 0 bridgehead atoms. The van der Waals surface area contributed by atoms with Gasteiger partial charge < -0.3 is 24.0 Å². The van der Waals surface area contributed by atoms with Crippen molar-refractivity contribution in [3.05, 3.63) is 106 Å². The maximum absolute atomic E-state index is 12.9. The Morgan fingerprint density at radius 3 is 2.31 bits per heavy atom. The minimum absolute atomic E-state index is 0.0948. The van der Waals surface area contributed by atoms with Crippen LogP contribution in [0.25, 0.3) is 22.3 Å². The summed E-state index contributed by atoms with van der Waals surface area (Å²) in [5.74, 6) is 0.521. The first-order valence-electron chi connectivity index (χ1n) is 12.4. The van der Waals surface area contributed by atoms with E-state index in [4.69, 9.17) is 32.0 Å². The number of benzene rings is 3. The van der Waals surface area contributed by atoms with Crippen molar-refractivity contribution in [1.82, 2.24) is 4.90 Å². The zero-order valence-electron chi connectivity index (χ0n) is 20.7. The van der Waals surface area contributed by atoms with E-state index >= 15 is 0 Å². The summed E-state index contributed by atoms with van der Waals surface area (Å²) in [5, 5.41) is 4.78. The van der Waals surface area contributed by atoms with E-state index in [9.17, 15) is 9.59 Å². The average Bonchev–Trinajstić information content (AvgIpc) is 3.62. The standard InChI is InChI=1S/C30H23Cl2N3O4/c31-20-5-10-24(32)23(18-20)26-11-12-27(39-26)29(36)33-21-6-8-22(9-7-21)34-13-15-35(16-14-34)30(37)28-17-19-3-1-2-4-25(19)38-28/h1-12,17-18H,13-16H2,(H,33,36). The number of hydrogen-bond donors (Lipinski definition) is 1. The van der Waals surface area contributed by atoms with Crippen molar-refractivity contribution in [2.24, 2.45) is 0 Å². The SMILES string of the molecule is O=C(Nc1ccc(N2CCN(C(=O)c3cc4ccccc4o3)CC2)cc1)c1ccc(-c2cc(Cl)ccc2Cl)o1. The predicted octanol–water partition coefficient (Wildman–Crippen LogP) is 7.21. The molecule has 5 aromatic rings. The van der Waals surface area contributed by atoms with Gasteiger partial charge in [-0.05, 0) is 66.7 Å². The Morgan fingerprint density at radius 2 is 1.54 bits per heavy atom. The lowest BCUT2D eigenvalue weighted by Gasteiger charge is -2.35. The molecule has 0 saturated carbocycles. The molecular weight excluding hydrogens is 537 g/mol. The van der Waals surface area contributed by atoms with Gasteiger partial charge in [0.2, 0.25) is 0 Å². The molecule has 2 amide bonds. The van der Waals surface area contributed by atoms with Crippen LogP contribution in [0.15, 0.2) is 93.8 Å². The summed E-state index contributed by atoms with van der Waals surface area (Å²) in [4.78, 5) is 29.7. The van der Waals surface area contributed by atoms with Gasteiger partial charge in [0, 0.05) is 53.5 Å². The molecule has 1 N–H and O–H groups in total. The summed E-state index contributed by atoms with van der Waals surface area (Å²) < 4.78 is 11.5. The molecule has 0 unspecified atom stereocenters. The first kappa shape index (κ1) is 25.1. The van der Waals surface area contributed by atoms with Crippen LogP contribution in [-0.4, -0.2) is 42.9 Å². The molecule has 1 fully saturated rings. The van der Waals surface area contributed by atoms with Crippen LogP contribution >= 0.6 is 23.2 Å². The van der Waals surface area contributed by atoms with E-state index in [0.717, 1.165) is 11.1 Å². The third-order valence-corrected chi connectivity index (χ3v) is 7.28. The topological polar surface area (TPSA) is 78.9 Å². The number of rotatable bonds is 5. The van der Waals surface area contributed by atoms with E-state index in [-0.39, 0.29) is 17.6 Å². The van der Waals surface area contributed by atoms with Gasteiger partial charge in [0.05, 0.1) is 5.02 Å². The highest BCUT2D eigenvalue weighted by Gasteiger charge is 2.25. The maximum atomic E-state index is 12.9. The van der Waals surface area contributed by atoms with Gasteiger partial charge in [-0.15, -0.1) is 0 Å². The zero-order valence-corrected chi connectivity index (χ0v) is 22.2. The molecular formula is C30H23Cl2N3O4. The largest absolute Gasteiger partial charge is 0.451 e. The number of nitrogens with one attached hydrogen (secondary N) is 1. The number of para-hydroxylation sites is 1. The summed E-state index contributed by atoms with van der Waals surface area (Å²) in [6.45, 7) is 2.56. The van der Waals surface area contributed by atoms with Crippen molar-refractivity contribution in [3.8, 4) is 11.3 Å². The lowest BCUT2D eigenvalue weighted by Crippen LogP contribution is -2.48. The molecule has 9 heteroatoms. The van der Waals surface area contributed by atoms with E-state index in [0.29, 0.717) is 64.6 Å². The summed E-state index contributed by atoms with van der Waals surface area (Å²) in [6, 6.07) is 25.3. The minimum atomic E-state index is -0.370. The fourth-order valence-electron chi connectivity index (χ4n) is 4.65. The molecule has 196 valence electrons. The Kier molecular flexibility index (Phi) is 6.77. The molecule has 0 spiro atoms. The van der Waals surface area contributed by atoms with Crippen LogP contribution in [0.4, 0.5) is 11.4 Å². The van der Waals surface area contributed by atoms with Crippen LogP contribution in [0, 0.1) is 0 Å². The second-order valence-corrected chi connectivity index (χ2v) is 10.1. The van der Waals surface area contributed by atoms with Gasteiger partial charge in [0.25, 0.3) is 11.8 Å². The van der Waals surface area contributed by atoms with Crippen LogP contribution in [0.3, 0.4) is 0 Å². The molecule has 39 heavy (non-hydrogen) atoms. The van der Waals surface area contributed by atoms with E-state index in [1.807, 2.05) is 53.4 Å². The third kappa shape index (κ3) is 5.24. The molecule has 3 heterocycles. The number of carbonyl (C=O) groups excluding carboxylic acids is 2. The number of furan rings is 2. The van der Waals surface area contributed by atoms with Crippen molar-refractivity contribution in [2.45, 2.75) is 0 Å². The second kappa shape index (κ2) is 10.5. The number of anilines is 2. The number of piperazine rings is 1. The van der Waals surface area contributed by atoms with Gasteiger partial charge in [0.1, 0.15) is 11.3 Å². The number of hydrogen-bond acceptors (Lipinski definition) is 5. The Bertz CT molecular complexity index is 1630. The molecule has 0 aliphatic carbocycles. The monoisotopic (exact) mass is 559 g/mol. The average molecular weight is 560 g/mol. The normalized spacial score (nSPS) is 13.6. The van der Waals surface area contributed by atoms with Crippen LogP contribution in [0.1, 0.15) is 21.1 Å². The van der Waals surface area contributed by atoms with Gasteiger partial charge in [-0.1, -0.05) is 41.4 Å². The zero-order chi connectivity index (χ0) is 26.9. The van der Waals surface area contributed by atoms with Crippen molar-refractivity contribution >= 4 is 57.4 Å². The number of carbonyl (C=O) groups is 2. The number of amides is 2. The van der Waals surface area contributed by atoms with E-state index in [1.54, 1.807) is 36.4 Å². The van der Waals surface area contributed by atoms with Gasteiger partial charge in [-0.2, -0.15) is 0 Å². The van der Waals surface area contributed by atoms with Crippen LogP contribution in [0.2, 0.25) is 10.0 Å². The lowest BCUT2D eigenvalue weighted by molar-refractivity contribution is 0.0717. The van der Waals surface area contributed by atoms with Gasteiger partial charge in [0.15, 0.2) is 11.5 Å². The first-order valence-corrected chi connectivity index (χ1v) is 13.2. The van der Waals surface area contributed by atoms with E-state index < -0.39 is 0 Å². The summed E-state index contributed by atoms with van der Waals surface area (Å²) in [6.07, 6.45) is 0. The lowest BCUT2D eigenvalue weighted by atomic mass is 10.2. The number of halogens is 2. The molecule has 2 aromatic heterocycles. The molecule has 0 radical (unpaired) electrons. The molecule has 1 saturated heterocycles. The molecule has 6 rings (SSSR count).